The summed E-state index contributed by atoms with van der Waals surface area (Å²) in [5.41, 5.74) is 5.46. The maximum Gasteiger partial charge on any atom is 0.293 e. The first-order valence-electron chi connectivity index (χ1n) is 6.22. The molecule has 2 heterocycles. The molecule has 0 unspecified atom stereocenters. The number of rotatable bonds is 5. The fourth-order valence-electron chi connectivity index (χ4n) is 1.78. The second-order valence-electron chi connectivity index (χ2n) is 4.29. The maximum atomic E-state index is 11.4. The Morgan fingerprint density at radius 3 is 2.95 bits per heavy atom. The smallest absolute Gasteiger partial charge is 0.293 e. The van der Waals surface area contributed by atoms with Crippen LogP contribution < -0.4 is 10.5 Å². The lowest BCUT2D eigenvalue weighted by Crippen LogP contribution is -2.13. The predicted molar refractivity (Wildman–Crippen MR) is 76.3 cm³/mol. The molecule has 0 atom stereocenters. The van der Waals surface area contributed by atoms with Crippen LogP contribution in [0.25, 0.3) is 11.7 Å². The lowest BCUT2D eigenvalue weighted by Gasteiger charge is -2.07. The van der Waals surface area contributed by atoms with Crippen LogP contribution in [-0.4, -0.2) is 16.0 Å². The van der Waals surface area contributed by atoms with Gasteiger partial charge >= 0.3 is 0 Å². The summed E-state index contributed by atoms with van der Waals surface area (Å²) in [4.78, 5) is 15.5. The third kappa shape index (κ3) is 2.94. The van der Waals surface area contributed by atoms with Crippen LogP contribution in [0.15, 0.2) is 45.5 Å². The van der Waals surface area contributed by atoms with Gasteiger partial charge in [0.25, 0.3) is 11.8 Å². The summed E-state index contributed by atoms with van der Waals surface area (Å²) in [6.45, 7) is 0.00607. The molecule has 8 heteroatoms. The zero-order valence-electron chi connectivity index (χ0n) is 11.2. The van der Waals surface area contributed by atoms with Gasteiger partial charge in [0.05, 0.1) is 11.8 Å². The standard InChI is InChI=1S/C14H10ClN3O4/c15-8-3-4-10(9(6-8)13(16)19)21-7-12-17-14(22-18-12)11-2-1-5-20-11/h1-6H,7H2,(H2,16,19). The monoisotopic (exact) mass is 319 g/mol. The number of furan rings is 1. The van der Waals surface area contributed by atoms with Crippen molar-refractivity contribution in [2.75, 3.05) is 0 Å². The van der Waals surface area contributed by atoms with E-state index in [0.29, 0.717) is 22.4 Å². The maximum absolute atomic E-state index is 11.4. The molecule has 2 aromatic heterocycles. The third-order valence-corrected chi connectivity index (χ3v) is 3.00. The van der Waals surface area contributed by atoms with Gasteiger partial charge in [-0.2, -0.15) is 4.98 Å². The molecule has 7 nitrogen and oxygen atoms in total. The highest BCUT2D eigenvalue weighted by Gasteiger charge is 2.14. The molecule has 0 fully saturated rings. The number of carbonyl (C=O) groups excluding carboxylic acids is 1. The van der Waals surface area contributed by atoms with Crippen LogP contribution >= 0.6 is 11.6 Å². The van der Waals surface area contributed by atoms with E-state index in [2.05, 4.69) is 10.1 Å². The van der Waals surface area contributed by atoms with Crippen LogP contribution in [0.5, 0.6) is 5.75 Å². The number of hydrogen-bond acceptors (Lipinski definition) is 6. The van der Waals surface area contributed by atoms with Gasteiger partial charge in [-0.3, -0.25) is 4.79 Å². The molecule has 0 aliphatic rings. The number of hydrogen-bond donors (Lipinski definition) is 1. The van der Waals surface area contributed by atoms with E-state index in [-0.39, 0.29) is 18.1 Å². The van der Waals surface area contributed by atoms with Crippen LogP contribution in [0.2, 0.25) is 5.02 Å². The minimum Gasteiger partial charge on any atom is -0.485 e. The quantitative estimate of drug-likeness (QED) is 0.775. The van der Waals surface area contributed by atoms with E-state index in [0.717, 1.165) is 0 Å². The van der Waals surface area contributed by atoms with Crippen LogP contribution in [0.1, 0.15) is 16.2 Å². The Morgan fingerprint density at radius 2 is 2.23 bits per heavy atom. The zero-order valence-corrected chi connectivity index (χ0v) is 11.9. The first-order chi connectivity index (χ1) is 10.6. The normalized spacial score (nSPS) is 10.6. The van der Waals surface area contributed by atoms with Crippen LogP contribution in [-0.2, 0) is 6.61 Å². The van der Waals surface area contributed by atoms with E-state index in [1.807, 2.05) is 0 Å². The van der Waals surface area contributed by atoms with Crippen molar-refractivity contribution < 1.29 is 18.5 Å². The summed E-state index contributed by atoms with van der Waals surface area (Å²) in [7, 11) is 0. The Morgan fingerprint density at radius 1 is 1.36 bits per heavy atom. The third-order valence-electron chi connectivity index (χ3n) is 2.76. The van der Waals surface area contributed by atoms with Crippen molar-refractivity contribution in [1.29, 1.82) is 0 Å². The van der Waals surface area contributed by atoms with E-state index < -0.39 is 5.91 Å². The highest BCUT2D eigenvalue weighted by Crippen LogP contribution is 2.23. The molecule has 0 radical (unpaired) electrons. The fourth-order valence-corrected chi connectivity index (χ4v) is 1.95. The number of aromatic nitrogens is 2. The van der Waals surface area contributed by atoms with Crippen molar-refractivity contribution in [2.45, 2.75) is 6.61 Å². The average molecular weight is 320 g/mol. The Bertz CT molecular complexity index is 798. The Hall–Kier alpha value is -2.80. The van der Waals surface area contributed by atoms with Crippen LogP contribution in [0, 0.1) is 0 Å². The summed E-state index contributed by atoms with van der Waals surface area (Å²) in [6, 6.07) is 7.98. The van der Waals surface area contributed by atoms with Gasteiger partial charge in [-0.05, 0) is 30.3 Å². The molecular formula is C14H10ClN3O4. The molecule has 0 saturated carbocycles. The van der Waals surface area contributed by atoms with E-state index in [1.54, 1.807) is 24.3 Å². The predicted octanol–water partition coefficient (Wildman–Crippen LogP) is 2.66. The van der Waals surface area contributed by atoms with Crippen molar-refractivity contribution >= 4 is 17.5 Å². The van der Waals surface area contributed by atoms with Gasteiger partial charge in [0, 0.05) is 5.02 Å². The van der Waals surface area contributed by atoms with Gasteiger partial charge in [-0.15, -0.1) is 0 Å². The lowest BCUT2D eigenvalue weighted by atomic mass is 10.2. The number of halogens is 1. The molecule has 112 valence electrons. The number of nitrogens with zero attached hydrogens (tertiary/aromatic N) is 2. The molecule has 1 amide bonds. The highest BCUT2D eigenvalue weighted by molar-refractivity contribution is 6.31. The number of benzene rings is 1. The van der Waals surface area contributed by atoms with Crippen molar-refractivity contribution in [1.82, 2.24) is 10.1 Å². The highest BCUT2D eigenvalue weighted by atomic mass is 35.5. The van der Waals surface area contributed by atoms with Gasteiger partial charge in [0.2, 0.25) is 5.82 Å². The average Bonchev–Trinajstić information content (AvgIpc) is 3.16. The topological polar surface area (TPSA) is 104 Å². The molecule has 3 rings (SSSR count). The van der Waals surface area contributed by atoms with Gasteiger partial charge in [0.15, 0.2) is 12.4 Å². The van der Waals surface area contributed by atoms with Crippen molar-refractivity contribution in [2.24, 2.45) is 5.73 Å². The number of carbonyl (C=O) groups is 1. The van der Waals surface area contributed by atoms with Gasteiger partial charge in [-0.25, -0.2) is 0 Å². The molecule has 3 aromatic rings. The number of nitrogens with two attached hydrogens (primary N) is 1. The molecule has 0 aliphatic carbocycles. The summed E-state index contributed by atoms with van der Waals surface area (Å²) in [5.74, 6) is 0.665. The van der Waals surface area contributed by atoms with Crippen LogP contribution in [0.4, 0.5) is 0 Å². The van der Waals surface area contributed by atoms with Gasteiger partial charge in [0.1, 0.15) is 5.75 Å². The molecule has 1 aromatic carbocycles. The first kappa shape index (κ1) is 14.2. The summed E-state index contributed by atoms with van der Waals surface area (Å²) < 4.78 is 15.7. The minimum absolute atomic E-state index is 0.00607. The summed E-state index contributed by atoms with van der Waals surface area (Å²) >= 11 is 5.83. The Labute approximate surface area is 129 Å². The molecule has 0 aliphatic heterocycles. The lowest BCUT2D eigenvalue weighted by molar-refractivity contribution is 0.0995. The van der Waals surface area contributed by atoms with Gasteiger partial charge in [-0.1, -0.05) is 16.8 Å². The second kappa shape index (κ2) is 5.90. The van der Waals surface area contributed by atoms with E-state index in [9.17, 15) is 4.79 Å². The largest absolute Gasteiger partial charge is 0.485 e. The molecule has 2 N–H and O–H groups in total. The molecular weight excluding hydrogens is 310 g/mol. The fraction of sp³-hybridized carbons (Fsp3) is 0.0714. The number of ether oxygens (including phenoxy) is 1. The van der Waals surface area contributed by atoms with Crippen LogP contribution in [0.3, 0.4) is 0 Å². The molecule has 0 saturated heterocycles. The summed E-state index contributed by atoms with van der Waals surface area (Å²) in [5, 5.41) is 4.16. The van der Waals surface area contributed by atoms with Gasteiger partial charge < -0.3 is 19.4 Å². The SMILES string of the molecule is NC(=O)c1cc(Cl)ccc1OCc1noc(-c2ccco2)n1. The minimum atomic E-state index is -0.637. The van der Waals surface area contributed by atoms with Crippen molar-refractivity contribution in [3.8, 4) is 17.4 Å². The molecule has 0 spiro atoms. The van der Waals surface area contributed by atoms with E-state index >= 15 is 0 Å². The van der Waals surface area contributed by atoms with Crippen molar-refractivity contribution in [3.05, 3.63) is 53.0 Å². The number of primary amides is 1. The van der Waals surface area contributed by atoms with Crippen molar-refractivity contribution in [3.63, 3.8) is 0 Å². The zero-order chi connectivity index (χ0) is 15.5. The molecule has 22 heavy (non-hydrogen) atoms. The number of amides is 1. The summed E-state index contributed by atoms with van der Waals surface area (Å²) in [6.07, 6.45) is 1.50. The second-order valence-corrected chi connectivity index (χ2v) is 4.72. The van der Waals surface area contributed by atoms with E-state index in [4.69, 9.17) is 31.0 Å². The Balaban J connectivity index is 1.74. The Kier molecular flexibility index (Phi) is 3.80. The van der Waals surface area contributed by atoms with E-state index in [1.165, 1.54) is 12.3 Å². The first-order valence-corrected chi connectivity index (χ1v) is 6.60. The molecule has 0 bridgehead atoms.